The first kappa shape index (κ1) is 25.1. The van der Waals surface area contributed by atoms with Gasteiger partial charge in [0.1, 0.15) is 6.61 Å². The number of hydrogen-bond donors (Lipinski definition) is 2. The molecule has 186 valence electrons. The van der Waals surface area contributed by atoms with Crippen LogP contribution in [0, 0.1) is 25.7 Å². The molecule has 2 N–H and O–H groups in total. The minimum atomic E-state index is -4.83. The van der Waals surface area contributed by atoms with Gasteiger partial charge in [-0.15, -0.1) is 23.2 Å². The van der Waals surface area contributed by atoms with Gasteiger partial charge in [-0.25, -0.2) is 0 Å². The summed E-state index contributed by atoms with van der Waals surface area (Å²) in [5, 5.41) is 11.0. The van der Waals surface area contributed by atoms with Gasteiger partial charge in [0.2, 0.25) is 5.91 Å². The first-order valence-electron chi connectivity index (χ1n) is 10.9. The third-order valence-electron chi connectivity index (χ3n) is 6.89. The molecule has 2 aromatic rings. The van der Waals surface area contributed by atoms with Gasteiger partial charge >= 0.3 is 6.18 Å². The van der Waals surface area contributed by atoms with Gasteiger partial charge in [-0.2, -0.15) is 13.2 Å². The zero-order chi connectivity index (χ0) is 24.9. The molecule has 0 bridgehead atoms. The third kappa shape index (κ3) is 4.35. The van der Waals surface area contributed by atoms with E-state index in [0.717, 1.165) is 5.56 Å². The highest BCUT2D eigenvalue weighted by Gasteiger charge is 2.53. The number of likely N-dealkylation sites (tertiary alicyclic amines) is 1. The Morgan fingerprint density at radius 3 is 2.62 bits per heavy atom. The predicted octanol–water partition coefficient (Wildman–Crippen LogP) is 3.86. The molecule has 12 heteroatoms. The molecule has 0 aromatic carbocycles. The van der Waals surface area contributed by atoms with Gasteiger partial charge in [-0.3, -0.25) is 9.59 Å². The zero-order valence-corrected chi connectivity index (χ0v) is 20.0. The van der Waals surface area contributed by atoms with Crippen LogP contribution < -0.4 is 5.56 Å². The monoisotopic (exact) mass is 521 g/mol. The number of aryl methyl sites for hydroxylation is 2. The van der Waals surface area contributed by atoms with E-state index in [9.17, 15) is 27.9 Å². The number of halogens is 5. The molecule has 1 aliphatic carbocycles. The van der Waals surface area contributed by atoms with Crippen LogP contribution in [-0.4, -0.2) is 43.4 Å². The lowest BCUT2D eigenvalue weighted by Gasteiger charge is -2.47. The summed E-state index contributed by atoms with van der Waals surface area (Å²) in [4.78, 5) is 30.2. The van der Waals surface area contributed by atoms with Crippen LogP contribution in [-0.2, 0) is 24.1 Å². The number of alkyl halides is 5. The Kier molecular flexibility index (Phi) is 6.78. The van der Waals surface area contributed by atoms with E-state index in [1.165, 1.54) is 4.90 Å². The van der Waals surface area contributed by atoms with E-state index in [4.69, 9.17) is 27.7 Å². The molecule has 1 saturated carbocycles. The molecule has 3 heterocycles. The number of amides is 1. The van der Waals surface area contributed by atoms with Gasteiger partial charge in [0.05, 0.1) is 17.8 Å². The Bertz CT molecular complexity index is 1150. The Balaban J connectivity index is 1.67. The van der Waals surface area contributed by atoms with Crippen molar-refractivity contribution >= 4 is 29.1 Å². The van der Waals surface area contributed by atoms with Crippen molar-refractivity contribution in [3.8, 4) is 0 Å². The highest BCUT2D eigenvalue weighted by molar-refractivity contribution is 6.24. The van der Waals surface area contributed by atoms with Gasteiger partial charge in [-0.05, 0) is 44.2 Å². The van der Waals surface area contributed by atoms with Crippen molar-refractivity contribution in [3.05, 3.63) is 50.3 Å². The lowest BCUT2D eigenvalue weighted by Crippen LogP contribution is -2.55. The minimum absolute atomic E-state index is 0.0632. The maximum absolute atomic E-state index is 13.6. The van der Waals surface area contributed by atoms with Crippen molar-refractivity contribution in [2.45, 2.75) is 62.7 Å². The van der Waals surface area contributed by atoms with Gasteiger partial charge in [-0.1, -0.05) is 5.16 Å². The van der Waals surface area contributed by atoms with Crippen LogP contribution in [0.25, 0.3) is 0 Å². The van der Waals surface area contributed by atoms with E-state index >= 15 is 0 Å². The second-order valence-electron chi connectivity index (χ2n) is 9.01. The maximum Gasteiger partial charge on any atom is 0.437 e. The standard InChI is InChI=1S/C22H24Cl2F3N3O4/c1-9-5-10(2)28-20(32)13(9)7-30-4-3-11-14(23)6-12(18(24)17(11)21(30)33)16-15(8-31)34-29-19(16)22(25,26)27/h5,11-12,14,17-18,31H,3-4,6-8H2,1-2H3,(H,28,32). The number of carbonyl (C=O) groups is 1. The lowest BCUT2D eigenvalue weighted by atomic mass is 9.67. The number of nitrogens with zero attached hydrogens (tertiary/aromatic N) is 2. The van der Waals surface area contributed by atoms with Crippen molar-refractivity contribution < 1.29 is 27.6 Å². The average Bonchev–Trinajstić information content (AvgIpc) is 3.18. The summed E-state index contributed by atoms with van der Waals surface area (Å²) in [5.74, 6) is -2.88. The first-order valence-corrected chi connectivity index (χ1v) is 11.7. The topological polar surface area (TPSA) is 99.4 Å². The number of pyridine rings is 1. The second-order valence-corrected chi connectivity index (χ2v) is 10.1. The largest absolute Gasteiger partial charge is 0.437 e. The second kappa shape index (κ2) is 9.20. The smallest absolute Gasteiger partial charge is 0.388 e. The Morgan fingerprint density at radius 2 is 2.00 bits per heavy atom. The molecule has 2 aliphatic rings. The molecular formula is C22H24Cl2F3N3O4. The number of piperidine rings is 1. The fourth-order valence-corrected chi connectivity index (χ4v) is 6.30. The van der Waals surface area contributed by atoms with E-state index in [0.29, 0.717) is 24.2 Å². The summed E-state index contributed by atoms with van der Waals surface area (Å²) in [5.41, 5.74) is -0.0303. The summed E-state index contributed by atoms with van der Waals surface area (Å²) >= 11 is 13.3. The number of hydrogen-bond acceptors (Lipinski definition) is 5. The summed E-state index contributed by atoms with van der Waals surface area (Å²) in [7, 11) is 0. The molecule has 7 nitrogen and oxygen atoms in total. The quantitative estimate of drug-likeness (QED) is 0.595. The van der Waals surface area contributed by atoms with Crippen molar-refractivity contribution in [2.75, 3.05) is 6.54 Å². The number of aromatic nitrogens is 2. The lowest BCUT2D eigenvalue weighted by molar-refractivity contribution is -0.144. The number of aliphatic hydroxyl groups excluding tert-OH is 1. The summed E-state index contributed by atoms with van der Waals surface area (Å²) in [6.45, 7) is 3.16. The normalized spacial score (nSPS) is 27.7. The van der Waals surface area contributed by atoms with Crippen molar-refractivity contribution in [3.63, 3.8) is 0 Å². The van der Waals surface area contributed by atoms with Gasteiger partial charge in [0, 0.05) is 34.7 Å². The Labute approximate surface area is 203 Å². The number of rotatable bonds is 4. The summed E-state index contributed by atoms with van der Waals surface area (Å²) in [6, 6.07) is 1.81. The SMILES string of the molecule is Cc1cc(C)c(CN2CCC3C(Cl)CC(c4c(C(F)(F)F)noc4CO)C(Cl)C3C2=O)c(=O)[nH]1. The number of carbonyl (C=O) groups excluding carboxylic acids is 1. The molecule has 2 fully saturated rings. The van der Waals surface area contributed by atoms with E-state index in [2.05, 4.69) is 10.1 Å². The van der Waals surface area contributed by atoms with Crippen molar-refractivity contribution in [2.24, 2.45) is 11.8 Å². The third-order valence-corrected chi connectivity index (χ3v) is 7.97. The molecule has 2 aromatic heterocycles. The van der Waals surface area contributed by atoms with E-state index < -0.39 is 41.1 Å². The zero-order valence-electron chi connectivity index (χ0n) is 18.5. The number of H-pyrrole nitrogens is 1. The number of aliphatic hydroxyl groups is 1. The molecule has 0 spiro atoms. The Hall–Kier alpha value is -2.04. The van der Waals surface area contributed by atoms with Crippen LogP contribution in [0.1, 0.15) is 52.6 Å². The molecular weight excluding hydrogens is 498 g/mol. The fraction of sp³-hybridized carbons (Fsp3) is 0.591. The van der Waals surface area contributed by atoms with E-state index in [-0.39, 0.29) is 41.7 Å². The summed E-state index contributed by atoms with van der Waals surface area (Å²) < 4.78 is 45.6. The maximum atomic E-state index is 13.6. The predicted molar refractivity (Wildman–Crippen MR) is 118 cm³/mol. The van der Waals surface area contributed by atoms with Gasteiger partial charge in [0.25, 0.3) is 5.56 Å². The molecule has 5 unspecified atom stereocenters. The van der Waals surface area contributed by atoms with Crippen LogP contribution in [0.3, 0.4) is 0 Å². The van der Waals surface area contributed by atoms with Crippen LogP contribution in [0.15, 0.2) is 15.4 Å². The Morgan fingerprint density at radius 1 is 1.29 bits per heavy atom. The number of fused-ring (bicyclic) bond motifs is 1. The van der Waals surface area contributed by atoms with Gasteiger partial charge < -0.3 is 19.5 Å². The average molecular weight is 522 g/mol. The van der Waals surface area contributed by atoms with E-state index in [1.54, 1.807) is 13.8 Å². The molecule has 4 rings (SSSR count). The van der Waals surface area contributed by atoms with Crippen molar-refractivity contribution in [1.29, 1.82) is 0 Å². The molecule has 1 amide bonds. The molecule has 0 radical (unpaired) electrons. The van der Waals surface area contributed by atoms with Crippen molar-refractivity contribution in [1.82, 2.24) is 15.0 Å². The molecule has 5 atom stereocenters. The van der Waals surface area contributed by atoms with Crippen LogP contribution >= 0.6 is 23.2 Å². The molecule has 1 aliphatic heterocycles. The highest BCUT2D eigenvalue weighted by Crippen LogP contribution is 2.51. The number of nitrogens with one attached hydrogen (secondary N) is 1. The van der Waals surface area contributed by atoms with Crippen LogP contribution in [0.2, 0.25) is 0 Å². The van der Waals surface area contributed by atoms with Gasteiger partial charge in [0.15, 0.2) is 11.5 Å². The fourth-order valence-electron chi connectivity index (χ4n) is 5.30. The first-order chi connectivity index (χ1) is 15.9. The molecule has 1 saturated heterocycles. The molecule has 34 heavy (non-hydrogen) atoms. The highest BCUT2D eigenvalue weighted by atomic mass is 35.5. The summed E-state index contributed by atoms with van der Waals surface area (Å²) in [6.07, 6.45) is -4.24. The van der Waals surface area contributed by atoms with Crippen LogP contribution in [0.4, 0.5) is 13.2 Å². The van der Waals surface area contributed by atoms with Crippen LogP contribution in [0.5, 0.6) is 0 Å². The minimum Gasteiger partial charge on any atom is -0.388 e. The van der Waals surface area contributed by atoms with E-state index in [1.807, 2.05) is 6.07 Å². The number of aromatic amines is 1.